The molecule has 0 amide bonds. The van der Waals surface area contributed by atoms with Crippen molar-refractivity contribution in [2.24, 2.45) is 0 Å². The van der Waals surface area contributed by atoms with E-state index >= 15 is 0 Å². The number of hydrogen-bond donors (Lipinski definition) is 3. The number of thiophene rings is 1. The summed E-state index contributed by atoms with van der Waals surface area (Å²) in [6.45, 7) is 2.60. The van der Waals surface area contributed by atoms with Crippen molar-refractivity contribution in [2.75, 3.05) is 32.9 Å². The van der Waals surface area contributed by atoms with Crippen LogP contribution in [0.3, 0.4) is 0 Å². The lowest BCUT2D eigenvalue weighted by atomic mass is 10.1. The molecule has 2 aromatic rings. The molecule has 1 heterocycles. The van der Waals surface area contributed by atoms with E-state index in [1.165, 1.54) is 11.3 Å². The molecule has 6 heteroatoms. The Morgan fingerprint density at radius 2 is 2.14 bits per heavy atom. The van der Waals surface area contributed by atoms with E-state index in [1.54, 1.807) is 6.07 Å². The highest BCUT2D eigenvalue weighted by atomic mass is 32.1. The second kappa shape index (κ2) is 8.29. The lowest BCUT2D eigenvalue weighted by Crippen LogP contribution is -2.22. The molecular formula is C15H20FNO3S. The maximum atomic E-state index is 14.0. The van der Waals surface area contributed by atoms with Crippen LogP contribution in [-0.4, -0.2) is 43.1 Å². The molecule has 1 aromatic carbocycles. The first kappa shape index (κ1) is 16.2. The van der Waals surface area contributed by atoms with E-state index < -0.39 is 5.82 Å². The SMILES string of the molecule is OCCCNCCOCCc1cc2ccsc2c(O)c1F. The van der Waals surface area contributed by atoms with Gasteiger partial charge in [-0.15, -0.1) is 11.3 Å². The predicted molar refractivity (Wildman–Crippen MR) is 82.5 cm³/mol. The monoisotopic (exact) mass is 313 g/mol. The fourth-order valence-electron chi connectivity index (χ4n) is 2.07. The molecule has 0 spiro atoms. The number of nitrogens with one attached hydrogen (secondary N) is 1. The number of aliphatic hydroxyl groups is 1. The number of hydrogen-bond acceptors (Lipinski definition) is 5. The van der Waals surface area contributed by atoms with Gasteiger partial charge in [-0.2, -0.15) is 0 Å². The fraction of sp³-hybridized carbons (Fsp3) is 0.467. The Morgan fingerprint density at radius 3 is 2.95 bits per heavy atom. The number of phenols is 1. The summed E-state index contributed by atoms with van der Waals surface area (Å²) in [5.74, 6) is -0.808. The average Bonchev–Trinajstić information content (AvgIpc) is 2.95. The number of phenolic OH excluding ortho intramolecular Hbond substituents is 1. The third kappa shape index (κ3) is 4.38. The number of aromatic hydroxyl groups is 1. The Morgan fingerprint density at radius 1 is 1.29 bits per heavy atom. The summed E-state index contributed by atoms with van der Waals surface area (Å²) in [5.41, 5.74) is 0.478. The van der Waals surface area contributed by atoms with Crippen molar-refractivity contribution >= 4 is 21.4 Å². The Labute approximate surface area is 127 Å². The van der Waals surface area contributed by atoms with Crippen molar-refractivity contribution in [3.63, 3.8) is 0 Å². The highest BCUT2D eigenvalue weighted by Crippen LogP contribution is 2.34. The van der Waals surface area contributed by atoms with E-state index in [9.17, 15) is 9.50 Å². The minimum Gasteiger partial charge on any atom is -0.504 e. The van der Waals surface area contributed by atoms with Gasteiger partial charge in [-0.3, -0.25) is 0 Å². The zero-order valence-electron chi connectivity index (χ0n) is 11.8. The summed E-state index contributed by atoms with van der Waals surface area (Å²) in [7, 11) is 0. The summed E-state index contributed by atoms with van der Waals surface area (Å²) in [4.78, 5) is 0. The van der Waals surface area contributed by atoms with Crippen LogP contribution >= 0.6 is 11.3 Å². The van der Waals surface area contributed by atoms with Gasteiger partial charge in [0.15, 0.2) is 11.6 Å². The van der Waals surface area contributed by atoms with E-state index in [1.807, 2.05) is 11.4 Å². The van der Waals surface area contributed by atoms with E-state index in [-0.39, 0.29) is 12.4 Å². The van der Waals surface area contributed by atoms with Crippen molar-refractivity contribution in [1.29, 1.82) is 0 Å². The molecule has 0 saturated heterocycles. The minimum absolute atomic E-state index is 0.182. The lowest BCUT2D eigenvalue weighted by Gasteiger charge is -2.08. The molecule has 116 valence electrons. The number of aliphatic hydroxyl groups excluding tert-OH is 1. The molecule has 0 aliphatic carbocycles. The van der Waals surface area contributed by atoms with Gasteiger partial charge in [0.1, 0.15) is 0 Å². The first-order valence-corrected chi connectivity index (χ1v) is 7.89. The van der Waals surface area contributed by atoms with E-state index in [2.05, 4.69) is 5.32 Å². The molecule has 0 bridgehead atoms. The second-order valence-corrected chi connectivity index (χ2v) is 5.64. The van der Waals surface area contributed by atoms with E-state index in [0.29, 0.717) is 36.4 Å². The molecule has 0 unspecified atom stereocenters. The van der Waals surface area contributed by atoms with Crippen molar-refractivity contribution in [3.05, 3.63) is 28.9 Å². The molecule has 1 aromatic heterocycles. The predicted octanol–water partition coefficient (Wildman–Crippen LogP) is 2.28. The summed E-state index contributed by atoms with van der Waals surface area (Å²) >= 11 is 1.33. The van der Waals surface area contributed by atoms with Crippen molar-refractivity contribution in [3.8, 4) is 5.75 Å². The van der Waals surface area contributed by atoms with Gasteiger partial charge in [-0.05, 0) is 47.8 Å². The minimum atomic E-state index is -0.547. The average molecular weight is 313 g/mol. The maximum absolute atomic E-state index is 14.0. The highest BCUT2D eigenvalue weighted by molar-refractivity contribution is 7.17. The van der Waals surface area contributed by atoms with Crippen LogP contribution in [0, 0.1) is 5.82 Å². The smallest absolute Gasteiger partial charge is 0.169 e. The van der Waals surface area contributed by atoms with Crippen molar-refractivity contribution in [1.82, 2.24) is 5.32 Å². The van der Waals surface area contributed by atoms with Gasteiger partial charge < -0.3 is 20.3 Å². The molecule has 0 atom stereocenters. The van der Waals surface area contributed by atoms with Gasteiger partial charge in [-0.1, -0.05) is 0 Å². The number of ether oxygens (including phenoxy) is 1. The third-order valence-corrected chi connectivity index (χ3v) is 4.12. The van der Waals surface area contributed by atoms with Gasteiger partial charge in [-0.25, -0.2) is 4.39 Å². The molecule has 0 saturated carbocycles. The van der Waals surface area contributed by atoms with Crippen molar-refractivity contribution < 1.29 is 19.3 Å². The first-order valence-electron chi connectivity index (χ1n) is 7.01. The molecule has 0 aliphatic heterocycles. The fourth-order valence-corrected chi connectivity index (χ4v) is 2.88. The number of rotatable bonds is 9. The normalized spacial score (nSPS) is 11.3. The Hall–Kier alpha value is -1.21. The van der Waals surface area contributed by atoms with Crippen LogP contribution in [0.1, 0.15) is 12.0 Å². The summed E-state index contributed by atoms with van der Waals surface area (Å²) in [5, 5.41) is 24.3. The Balaban J connectivity index is 1.77. The zero-order chi connectivity index (χ0) is 15.1. The number of benzene rings is 1. The Kier molecular flexibility index (Phi) is 6.38. The first-order chi connectivity index (χ1) is 10.2. The quantitative estimate of drug-likeness (QED) is 0.622. The number of halogens is 1. The summed E-state index contributed by atoms with van der Waals surface area (Å²) in [6.07, 6.45) is 1.16. The number of fused-ring (bicyclic) bond motifs is 1. The van der Waals surface area contributed by atoms with Gasteiger partial charge >= 0.3 is 0 Å². The van der Waals surface area contributed by atoms with Gasteiger partial charge in [0, 0.05) is 13.2 Å². The molecule has 4 nitrogen and oxygen atoms in total. The standard InChI is InChI=1S/C15H20FNO3S/c16-13-11(2-7-20-8-5-17-4-1-6-18)10-12-3-9-21-15(12)14(13)19/h3,9-10,17-19H,1-2,4-8H2. The molecule has 0 aliphatic rings. The molecule has 0 radical (unpaired) electrons. The van der Waals surface area contributed by atoms with Gasteiger partial charge in [0.2, 0.25) is 0 Å². The van der Waals surface area contributed by atoms with Gasteiger partial charge in [0.25, 0.3) is 0 Å². The van der Waals surface area contributed by atoms with E-state index in [0.717, 1.165) is 18.4 Å². The summed E-state index contributed by atoms with van der Waals surface area (Å²) < 4.78 is 20.0. The molecule has 21 heavy (non-hydrogen) atoms. The van der Waals surface area contributed by atoms with E-state index in [4.69, 9.17) is 9.84 Å². The molecule has 0 fully saturated rings. The van der Waals surface area contributed by atoms with Gasteiger partial charge in [0.05, 0.1) is 17.9 Å². The largest absolute Gasteiger partial charge is 0.504 e. The second-order valence-electron chi connectivity index (χ2n) is 4.73. The summed E-state index contributed by atoms with van der Waals surface area (Å²) in [6, 6.07) is 3.64. The van der Waals surface area contributed by atoms with Crippen LogP contribution in [0.2, 0.25) is 0 Å². The molecule has 2 rings (SSSR count). The maximum Gasteiger partial charge on any atom is 0.169 e. The topological polar surface area (TPSA) is 61.7 Å². The lowest BCUT2D eigenvalue weighted by molar-refractivity contribution is 0.138. The third-order valence-electron chi connectivity index (χ3n) is 3.18. The highest BCUT2D eigenvalue weighted by Gasteiger charge is 2.13. The van der Waals surface area contributed by atoms with Crippen LogP contribution in [0.25, 0.3) is 10.1 Å². The zero-order valence-corrected chi connectivity index (χ0v) is 12.6. The molecular weight excluding hydrogens is 293 g/mol. The van der Waals surface area contributed by atoms with Crippen LogP contribution in [0.4, 0.5) is 4.39 Å². The van der Waals surface area contributed by atoms with Crippen LogP contribution < -0.4 is 5.32 Å². The van der Waals surface area contributed by atoms with Crippen LogP contribution in [0.15, 0.2) is 17.5 Å². The van der Waals surface area contributed by atoms with Crippen LogP contribution in [0.5, 0.6) is 5.75 Å². The Bertz CT molecular complexity index is 573. The van der Waals surface area contributed by atoms with Crippen molar-refractivity contribution in [2.45, 2.75) is 12.8 Å². The molecule has 3 N–H and O–H groups in total. The van der Waals surface area contributed by atoms with Crippen LogP contribution in [-0.2, 0) is 11.2 Å².